The van der Waals surface area contributed by atoms with Gasteiger partial charge in [-0.2, -0.15) is 0 Å². The second kappa shape index (κ2) is 7.26. The van der Waals surface area contributed by atoms with Crippen molar-refractivity contribution in [2.75, 3.05) is 12.4 Å². The third-order valence-corrected chi connectivity index (χ3v) is 3.39. The average molecular weight is 328 g/mol. The molecule has 1 aromatic heterocycles. The van der Waals surface area contributed by atoms with Crippen LogP contribution in [0.2, 0.25) is 0 Å². The van der Waals surface area contributed by atoms with Gasteiger partial charge in [0.05, 0.1) is 19.3 Å². The summed E-state index contributed by atoms with van der Waals surface area (Å²) in [5.41, 5.74) is -0.219. The summed E-state index contributed by atoms with van der Waals surface area (Å²) >= 11 is 1.13. The van der Waals surface area contributed by atoms with E-state index in [-0.39, 0.29) is 17.3 Å². The van der Waals surface area contributed by atoms with E-state index in [4.69, 9.17) is 4.74 Å². The monoisotopic (exact) mass is 328 g/mol. The maximum absolute atomic E-state index is 11.7. The number of carbonyl (C=O) groups excluding carboxylic acids is 3. The van der Waals surface area contributed by atoms with Crippen LogP contribution in [0.5, 0.6) is 0 Å². The standard InChI is InChI=1S/C14H20N2O5S/c1-8(17)16-10-6-9(22-11(10)12(18)20-5)7-15-13(19)21-14(2,3)4/h6H,7H2,1-5H3,(H,15,19)(H,16,17). The van der Waals surface area contributed by atoms with Crippen LogP contribution < -0.4 is 10.6 Å². The molecule has 0 unspecified atom stereocenters. The summed E-state index contributed by atoms with van der Waals surface area (Å²) in [6, 6.07) is 1.62. The number of esters is 1. The van der Waals surface area contributed by atoms with E-state index in [2.05, 4.69) is 15.4 Å². The fraction of sp³-hybridized carbons (Fsp3) is 0.500. The van der Waals surface area contributed by atoms with Crippen LogP contribution in [-0.2, 0) is 20.8 Å². The summed E-state index contributed by atoms with van der Waals surface area (Å²) in [6.07, 6.45) is -0.554. The molecule has 0 bridgehead atoms. The molecule has 1 aromatic rings. The summed E-state index contributed by atoms with van der Waals surface area (Å²) in [5.74, 6) is -0.841. The molecule has 2 amide bonds. The van der Waals surface area contributed by atoms with Crippen LogP contribution in [0.1, 0.15) is 42.2 Å². The smallest absolute Gasteiger partial charge is 0.407 e. The van der Waals surface area contributed by atoms with Crippen molar-refractivity contribution in [3.63, 3.8) is 0 Å². The lowest BCUT2D eigenvalue weighted by Gasteiger charge is -2.19. The number of hydrogen-bond donors (Lipinski definition) is 2. The largest absolute Gasteiger partial charge is 0.465 e. The van der Waals surface area contributed by atoms with Gasteiger partial charge in [0.1, 0.15) is 10.5 Å². The molecule has 122 valence electrons. The van der Waals surface area contributed by atoms with Gasteiger partial charge in [-0.3, -0.25) is 4.79 Å². The Bertz CT molecular complexity index is 574. The van der Waals surface area contributed by atoms with E-state index in [0.29, 0.717) is 10.6 Å². The molecule has 1 rings (SSSR count). The van der Waals surface area contributed by atoms with Crippen molar-refractivity contribution in [3.05, 3.63) is 15.8 Å². The number of alkyl carbamates (subject to hydrolysis) is 1. The zero-order valence-electron chi connectivity index (χ0n) is 13.2. The van der Waals surface area contributed by atoms with Crippen LogP contribution in [0.4, 0.5) is 10.5 Å². The number of carbonyl (C=O) groups is 3. The Morgan fingerprint density at radius 1 is 1.27 bits per heavy atom. The molecule has 7 nitrogen and oxygen atoms in total. The molecule has 0 aliphatic rings. The topological polar surface area (TPSA) is 93.7 Å². The first-order valence-electron chi connectivity index (χ1n) is 6.58. The first kappa shape index (κ1) is 18.0. The molecule has 2 N–H and O–H groups in total. The molecule has 0 atom stereocenters. The van der Waals surface area contributed by atoms with Crippen LogP contribution in [0.3, 0.4) is 0 Å². The molecule has 0 aliphatic carbocycles. The lowest BCUT2D eigenvalue weighted by atomic mass is 10.2. The normalized spacial score (nSPS) is 10.8. The first-order valence-corrected chi connectivity index (χ1v) is 7.39. The Morgan fingerprint density at radius 3 is 2.41 bits per heavy atom. The maximum Gasteiger partial charge on any atom is 0.407 e. The van der Waals surface area contributed by atoms with Crippen molar-refractivity contribution in [3.8, 4) is 0 Å². The van der Waals surface area contributed by atoms with Gasteiger partial charge in [0.25, 0.3) is 0 Å². The predicted molar refractivity (Wildman–Crippen MR) is 83.0 cm³/mol. The van der Waals surface area contributed by atoms with E-state index in [9.17, 15) is 14.4 Å². The highest BCUT2D eigenvalue weighted by Gasteiger charge is 2.19. The van der Waals surface area contributed by atoms with E-state index in [1.54, 1.807) is 26.8 Å². The number of nitrogens with one attached hydrogen (secondary N) is 2. The molecule has 0 radical (unpaired) electrons. The van der Waals surface area contributed by atoms with Gasteiger partial charge >= 0.3 is 12.1 Å². The Labute approximate surface area is 133 Å². The molecular weight excluding hydrogens is 308 g/mol. The van der Waals surface area contributed by atoms with Crippen molar-refractivity contribution in [2.24, 2.45) is 0 Å². The SMILES string of the molecule is COC(=O)c1sc(CNC(=O)OC(C)(C)C)cc1NC(C)=O. The highest BCUT2D eigenvalue weighted by Crippen LogP contribution is 2.28. The lowest BCUT2D eigenvalue weighted by molar-refractivity contribution is -0.114. The molecule has 0 aromatic carbocycles. The van der Waals surface area contributed by atoms with Crippen molar-refractivity contribution in [1.82, 2.24) is 5.32 Å². The number of ether oxygens (including phenoxy) is 2. The average Bonchev–Trinajstić information content (AvgIpc) is 2.75. The van der Waals surface area contributed by atoms with Crippen LogP contribution in [0, 0.1) is 0 Å². The van der Waals surface area contributed by atoms with Crippen LogP contribution in [0.25, 0.3) is 0 Å². The summed E-state index contributed by atoms with van der Waals surface area (Å²) in [4.78, 5) is 35.4. The van der Waals surface area contributed by atoms with E-state index < -0.39 is 17.7 Å². The molecule has 0 fully saturated rings. The molecule has 0 saturated carbocycles. The number of thiophene rings is 1. The van der Waals surface area contributed by atoms with Gasteiger partial charge in [0, 0.05) is 11.8 Å². The summed E-state index contributed by atoms with van der Waals surface area (Å²) < 4.78 is 9.79. The van der Waals surface area contributed by atoms with E-state index in [0.717, 1.165) is 11.3 Å². The van der Waals surface area contributed by atoms with E-state index >= 15 is 0 Å². The third kappa shape index (κ3) is 5.72. The molecule has 0 aliphatic heterocycles. The van der Waals surface area contributed by atoms with Crippen LogP contribution in [-0.4, -0.2) is 30.7 Å². The molecule has 0 spiro atoms. The number of hydrogen-bond acceptors (Lipinski definition) is 6. The fourth-order valence-electron chi connectivity index (χ4n) is 1.53. The quantitative estimate of drug-likeness (QED) is 0.828. The van der Waals surface area contributed by atoms with Gasteiger partial charge in [-0.05, 0) is 26.8 Å². The minimum atomic E-state index is -0.585. The number of anilines is 1. The van der Waals surface area contributed by atoms with Crippen molar-refractivity contribution >= 4 is 35.0 Å². The number of methoxy groups -OCH3 is 1. The second-order valence-electron chi connectivity index (χ2n) is 5.48. The van der Waals surface area contributed by atoms with Crippen molar-refractivity contribution in [2.45, 2.75) is 39.8 Å². The van der Waals surface area contributed by atoms with Crippen molar-refractivity contribution < 1.29 is 23.9 Å². The van der Waals surface area contributed by atoms with Gasteiger partial charge in [-0.15, -0.1) is 11.3 Å². The second-order valence-corrected chi connectivity index (χ2v) is 6.62. The van der Waals surface area contributed by atoms with Gasteiger partial charge in [-0.1, -0.05) is 0 Å². The van der Waals surface area contributed by atoms with Crippen LogP contribution in [0.15, 0.2) is 6.07 Å². The summed E-state index contributed by atoms with van der Waals surface area (Å²) in [6.45, 7) is 6.83. The molecule has 1 heterocycles. The number of rotatable bonds is 4. The van der Waals surface area contributed by atoms with E-state index in [1.807, 2.05) is 0 Å². The Kier molecular flexibility index (Phi) is 5.92. The zero-order valence-corrected chi connectivity index (χ0v) is 14.1. The van der Waals surface area contributed by atoms with Crippen LogP contribution >= 0.6 is 11.3 Å². The lowest BCUT2D eigenvalue weighted by Crippen LogP contribution is -2.31. The first-order chi connectivity index (χ1) is 10.1. The Hall–Kier alpha value is -2.09. The van der Waals surface area contributed by atoms with Gasteiger partial charge in [0.2, 0.25) is 5.91 Å². The molecule has 22 heavy (non-hydrogen) atoms. The third-order valence-electron chi connectivity index (χ3n) is 2.27. The zero-order chi connectivity index (χ0) is 16.9. The highest BCUT2D eigenvalue weighted by molar-refractivity contribution is 7.14. The van der Waals surface area contributed by atoms with Gasteiger partial charge in [-0.25, -0.2) is 9.59 Å². The summed E-state index contributed by atoms with van der Waals surface area (Å²) in [7, 11) is 1.26. The molecular formula is C14H20N2O5S. The minimum Gasteiger partial charge on any atom is -0.465 e. The Balaban J connectivity index is 2.79. The molecule has 8 heteroatoms. The van der Waals surface area contributed by atoms with Gasteiger partial charge < -0.3 is 20.1 Å². The van der Waals surface area contributed by atoms with Crippen molar-refractivity contribution in [1.29, 1.82) is 0 Å². The van der Waals surface area contributed by atoms with Gasteiger partial charge in [0.15, 0.2) is 0 Å². The highest BCUT2D eigenvalue weighted by atomic mass is 32.1. The number of amides is 2. The molecule has 0 saturated heterocycles. The maximum atomic E-state index is 11.7. The fourth-order valence-corrected chi connectivity index (χ4v) is 2.50. The minimum absolute atomic E-state index is 0.184. The van der Waals surface area contributed by atoms with E-state index in [1.165, 1.54) is 14.0 Å². The predicted octanol–water partition coefficient (Wildman–Crippen LogP) is 2.52. The Morgan fingerprint density at radius 2 is 1.91 bits per heavy atom. The summed E-state index contributed by atoms with van der Waals surface area (Å²) in [5, 5.41) is 5.15.